The quantitative estimate of drug-likeness (QED) is 0.389. The van der Waals surface area contributed by atoms with Crippen LogP contribution in [0.2, 0.25) is 0 Å². The second-order valence-corrected chi connectivity index (χ2v) is 0.974. The van der Waals surface area contributed by atoms with Crippen molar-refractivity contribution in [1.29, 1.82) is 0 Å². The molecule has 0 aliphatic heterocycles. The summed E-state index contributed by atoms with van der Waals surface area (Å²) in [6, 6.07) is 0. The van der Waals surface area contributed by atoms with Crippen molar-refractivity contribution in [2.75, 3.05) is 6.67 Å². The molecule has 7 heavy (non-hydrogen) atoms. The fraction of sp³-hybridized carbons (Fsp3) is 1.00. The summed E-state index contributed by atoms with van der Waals surface area (Å²) in [6.07, 6.45) is 1.25. The Morgan fingerprint density at radius 1 is 1.14 bits per heavy atom. The third-order valence-corrected chi connectivity index (χ3v) is 0. The summed E-state index contributed by atoms with van der Waals surface area (Å²) >= 11 is 0. The minimum absolute atomic E-state index is 0. The summed E-state index contributed by atoms with van der Waals surface area (Å²) in [5.41, 5.74) is 0. The molecule has 0 aliphatic rings. The minimum Gasteiger partial charge on any atom is -1.00 e. The molecule has 0 aromatic rings. The van der Waals surface area contributed by atoms with E-state index in [1.807, 2.05) is 0 Å². The van der Waals surface area contributed by atoms with Gasteiger partial charge in [-0.3, -0.25) is 4.39 Å². The third-order valence-electron chi connectivity index (χ3n) is 0. The van der Waals surface area contributed by atoms with Gasteiger partial charge in [-0.15, -0.1) is 0 Å². The lowest BCUT2D eigenvalue weighted by molar-refractivity contribution is -0.00000218. The summed E-state index contributed by atoms with van der Waals surface area (Å²) in [7, 11) is 0. The average molecular weight is 109 g/mol. The highest BCUT2D eigenvalue weighted by Gasteiger charge is 1.39. The van der Waals surface area contributed by atoms with Crippen molar-refractivity contribution in [3.05, 3.63) is 0 Å². The Morgan fingerprint density at radius 2 is 1.14 bits per heavy atom. The lowest BCUT2D eigenvalue weighted by atomic mass is 10.6. The molecule has 0 aliphatic carbocycles. The van der Waals surface area contributed by atoms with E-state index in [1.54, 1.807) is 0 Å². The first-order chi connectivity index (χ1) is 2.83. The van der Waals surface area contributed by atoms with Crippen LogP contribution in [0.3, 0.4) is 0 Å². The summed E-state index contributed by atoms with van der Waals surface area (Å²) in [5.74, 6) is 0. The number of halogens is 2. The van der Waals surface area contributed by atoms with Crippen molar-refractivity contribution >= 4 is 0 Å². The van der Waals surface area contributed by atoms with Crippen molar-refractivity contribution in [1.82, 2.24) is 0 Å². The molecule has 0 heterocycles. The van der Waals surface area contributed by atoms with E-state index >= 15 is 0 Å². The maximum Gasteiger partial charge on any atom is 0.0866 e. The van der Waals surface area contributed by atoms with Crippen LogP contribution in [0, 0.1) is 0 Å². The summed E-state index contributed by atoms with van der Waals surface area (Å²) in [5, 5.41) is 0. The molecule has 0 amide bonds. The van der Waals surface area contributed by atoms with Gasteiger partial charge in [-0.2, -0.15) is 0 Å². The van der Waals surface area contributed by atoms with Gasteiger partial charge in [0.15, 0.2) is 0 Å². The van der Waals surface area contributed by atoms with Gasteiger partial charge < -0.3 is 4.70 Å². The van der Waals surface area contributed by atoms with Gasteiger partial charge in [-0.25, -0.2) is 0 Å². The molecule has 48 valence electrons. The van der Waals surface area contributed by atoms with Crippen LogP contribution in [0.1, 0.15) is 27.2 Å². The Labute approximate surface area is 44.1 Å². The van der Waals surface area contributed by atoms with Crippen LogP contribution in [0.15, 0.2) is 0 Å². The van der Waals surface area contributed by atoms with Crippen molar-refractivity contribution in [2.24, 2.45) is 0 Å². The normalized spacial score (nSPS) is 5.14. The van der Waals surface area contributed by atoms with Crippen LogP contribution in [0.5, 0.6) is 0 Å². The maximum atomic E-state index is 10.3. The molecule has 0 nitrogen and oxygen atoms in total. The van der Waals surface area contributed by atoms with E-state index in [1.165, 1.54) is 13.3 Å². The number of hydrogen-bond donors (Lipinski definition) is 0. The van der Waals surface area contributed by atoms with Gasteiger partial charge >= 0.3 is 0 Å². The smallest absolute Gasteiger partial charge is 0.0866 e. The Bertz CT molecular complexity index is 8.04. The minimum atomic E-state index is -0.250. The Balaban J connectivity index is -0.0000000400. The van der Waals surface area contributed by atoms with Crippen LogP contribution in [-0.4, -0.2) is 6.67 Å². The highest BCUT2D eigenvalue weighted by atomic mass is 18.2. The Hall–Kier alpha value is -0.140. The topological polar surface area (TPSA) is 0 Å². The highest BCUT2D eigenvalue weighted by molar-refractivity contribution is 3.92. The zero-order chi connectivity index (χ0) is 5.41. The largest absolute Gasteiger partial charge is 1.00 e. The second-order valence-electron chi connectivity index (χ2n) is 0.974. The molecule has 0 spiro atoms. The third kappa shape index (κ3) is 4450. The van der Waals surface area contributed by atoms with Crippen LogP contribution in [0.25, 0.3) is 0 Å². The van der Waals surface area contributed by atoms with E-state index < -0.39 is 0 Å². The fourth-order valence-electron chi connectivity index (χ4n) is 0. The molecule has 0 atom stereocenters. The van der Waals surface area contributed by atoms with Gasteiger partial charge in [0.1, 0.15) is 0 Å². The maximum absolute atomic E-state index is 10.3. The lowest BCUT2D eigenvalue weighted by Crippen LogP contribution is -3.00. The van der Waals surface area contributed by atoms with Crippen LogP contribution >= 0.6 is 0 Å². The number of rotatable bonds is 0. The van der Waals surface area contributed by atoms with Gasteiger partial charge in [0.2, 0.25) is 0 Å². The fourth-order valence-corrected chi connectivity index (χ4v) is 0. The molecule has 0 radical (unpaired) electrons. The predicted molar refractivity (Wildman–Crippen MR) is 27.6 cm³/mol. The predicted octanol–water partition coefficient (Wildman–Crippen LogP) is -0.604. The molecule has 0 aromatic carbocycles. The molecule has 0 rings (SSSR count). The van der Waals surface area contributed by atoms with E-state index in [0.29, 0.717) is 0 Å². The SMILES string of the molecule is CCC.CC[18F].[18F-]. The molecule has 0 saturated heterocycles. The molecule has 0 N–H and O–H groups in total. The van der Waals surface area contributed by atoms with Gasteiger partial charge in [-0.1, -0.05) is 20.3 Å². The zero-order valence-corrected chi connectivity index (χ0v) is 5.17. The summed E-state index contributed by atoms with van der Waals surface area (Å²) < 4.78 is 10.3. The second kappa shape index (κ2) is 40.0. The van der Waals surface area contributed by atoms with Crippen molar-refractivity contribution in [3.8, 4) is 0 Å². The van der Waals surface area contributed by atoms with Gasteiger partial charge in [0, 0.05) is 0 Å². The summed E-state index contributed by atoms with van der Waals surface area (Å²) in [6.45, 7) is 5.46. The van der Waals surface area contributed by atoms with Crippen LogP contribution in [0.4, 0.5) is 4.39 Å². The number of alkyl halides is 1. The lowest BCUT2D eigenvalue weighted by Gasteiger charge is -1.48. The van der Waals surface area contributed by atoms with E-state index in [4.69, 9.17) is 0 Å². The Kier molecular flexibility index (Phi) is 90.4. The molecular weight excluding hydrogens is 96.1 g/mol. The van der Waals surface area contributed by atoms with E-state index in [-0.39, 0.29) is 11.4 Å². The standard InChI is InChI=1S/C3H8.C2H5F.FH/c1-3-2;1-2-3;/h3H2,1-2H3;2H2,1H3;1H/p-1/i;3-1;1-1. The average Bonchev–Trinajstić information content (AvgIpc) is 1.39. The van der Waals surface area contributed by atoms with E-state index in [0.717, 1.165) is 0 Å². The molecule has 0 aromatic heterocycles. The first-order valence-corrected chi connectivity index (χ1v) is 2.39. The number of hydrogen-bond acceptors (Lipinski definition) is 0. The zero-order valence-electron chi connectivity index (χ0n) is 5.17. The molecule has 0 fully saturated rings. The van der Waals surface area contributed by atoms with Crippen molar-refractivity contribution < 1.29 is 9.09 Å². The molecule has 2 heteroatoms. The molecule has 0 bridgehead atoms. The van der Waals surface area contributed by atoms with Crippen molar-refractivity contribution in [2.45, 2.75) is 27.2 Å². The highest BCUT2D eigenvalue weighted by Crippen LogP contribution is 1.56. The van der Waals surface area contributed by atoms with Crippen LogP contribution < -0.4 is 4.70 Å². The van der Waals surface area contributed by atoms with Gasteiger partial charge in [0.25, 0.3) is 0 Å². The molecular formula is C5H13F2-. The molecule has 0 unspecified atom stereocenters. The first kappa shape index (κ1) is 15.8. The monoisotopic (exact) mass is 109 g/mol. The summed E-state index contributed by atoms with van der Waals surface area (Å²) in [4.78, 5) is 0. The Morgan fingerprint density at radius 3 is 1.14 bits per heavy atom. The van der Waals surface area contributed by atoms with E-state index in [2.05, 4.69) is 13.8 Å². The van der Waals surface area contributed by atoms with Crippen LogP contribution in [-0.2, 0) is 0 Å². The van der Waals surface area contributed by atoms with Gasteiger partial charge in [-0.05, 0) is 6.92 Å². The van der Waals surface area contributed by atoms with Gasteiger partial charge in [0.05, 0.1) is 6.67 Å². The first-order valence-electron chi connectivity index (χ1n) is 2.39. The van der Waals surface area contributed by atoms with Crippen molar-refractivity contribution in [3.63, 3.8) is 0 Å². The molecule has 0 saturated carbocycles. The van der Waals surface area contributed by atoms with E-state index in [9.17, 15) is 4.39 Å².